The Morgan fingerprint density at radius 3 is 1.19 bits per heavy atom. The standard InChI is InChI=1S/C60H54N4/c1-57(2,3)37-29-47-43-31-39(21-23-49(43)59(7,8)55(47)61-33-37)63-51-17-13-11-15-41(51)45-27-35(19-25-53(45)63)36-20-26-54-46(28-36)42-16-12-14-18-52(42)64(54)40-22-24-50-44(32-40)48-30-38(58(4,5)6)34-62-56(48)60(50,9)10/h11-34H,1-10H3. The van der Waals surface area contributed by atoms with Crippen LogP contribution in [0, 0.1) is 0 Å². The Morgan fingerprint density at radius 2 is 0.781 bits per heavy atom. The van der Waals surface area contributed by atoms with E-state index in [1.54, 1.807) is 0 Å². The van der Waals surface area contributed by atoms with Crippen LogP contribution in [0.15, 0.2) is 146 Å². The summed E-state index contributed by atoms with van der Waals surface area (Å²) in [6.07, 6.45) is 4.17. The van der Waals surface area contributed by atoms with Gasteiger partial charge in [0.25, 0.3) is 0 Å². The molecule has 64 heavy (non-hydrogen) atoms. The first kappa shape index (κ1) is 38.9. The molecule has 0 amide bonds. The number of pyridine rings is 2. The van der Waals surface area contributed by atoms with Crippen LogP contribution < -0.4 is 0 Å². The molecule has 0 bridgehead atoms. The van der Waals surface area contributed by atoms with Crippen LogP contribution in [0.1, 0.15) is 103 Å². The third-order valence-corrected chi connectivity index (χ3v) is 14.8. The first-order valence-electron chi connectivity index (χ1n) is 22.9. The molecule has 4 heterocycles. The highest BCUT2D eigenvalue weighted by Gasteiger charge is 2.39. The minimum Gasteiger partial charge on any atom is -0.309 e. The van der Waals surface area contributed by atoms with E-state index in [0.717, 1.165) is 11.4 Å². The van der Waals surface area contributed by atoms with Crippen LogP contribution in [0.25, 0.3) is 88.4 Å². The average molecular weight is 831 g/mol. The van der Waals surface area contributed by atoms with E-state index in [0.29, 0.717) is 0 Å². The molecule has 2 aliphatic rings. The second kappa shape index (κ2) is 12.9. The van der Waals surface area contributed by atoms with Gasteiger partial charge in [0.2, 0.25) is 0 Å². The van der Waals surface area contributed by atoms with Crippen molar-refractivity contribution >= 4 is 43.6 Å². The minimum absolute atomic E-state index is 0.0147. The molecule has 0 atom stereocenters. The molecule has 6 aromatic carbocycles. The molecule has 0 saturated heterocycles. The van der Waals surface area contributed by atoms with Crippen LogP contribution in [0.4, 0.5) is 0 Å². The number of hydrogen-bond acceptors (Lipinski definition) is 2. The van der Waals surface area contributed by atoms with Gasteiger partial charge in [0.05, 0.1) is 33.5 Å². The lowest BCUT2D eigenvalue weighted by Gasteiger charge is -2.22. The predicted molar refractivity (Wildman–Crippen MR) is 269 cm³/mol. The third-order valence-electron chi connectivity index (χ3n) is 14.8. The van der Waals surface area contributed by atoms with Crippen molar-refractivity contribution in [2.45, 2.75) is 90.9 Å². The van der Waals surface area contributed by atoms with Gasteiger partial charge in [0, 0.05) is 67.3 Å². The fourth-order valence-electron chi connectivity index (χ4n) is 11.2. The topological polar surface area (TPSA) is 35.6 Å². The van der Waals surface area contributed by atoms with Crippen LogP contribution in [0.3, 0.4) is 0 Å². The zero-order chi connectivity index (χ0) is 44.2. The number of aromatic nitrogens is 4. The average Bonchev–Trinajstić information content (AvgIpc) is 3.93. The summed E-state index contributed by atoms with van der Waals surface area (Å²) < 4.78 is 4.90. The summed E-state index contributed by atoms with van der Waals surface area (Å²) in [7, 11) is 0. The second-order valence-electron chi connectivity index (χ2n) is 21.6. The highest BCUT2D eigenvalue weighted by Crippen LogP contribution is 2.51. The van der Waals surface area contributed by atoms with E-state index in [4.69, 9.17) is 9.97 Å². The highest BCUT2D eigenvalue weighted by atomic mass is 15.0. The lowest BCUT2D eigenvalue weighted by molar-refractivity contribution is 0.582. The van der Waals surface area contributed by atoms with Crippen molar-refractivity contribution in [3.63, 3.8) is 0 Å². The third kappa shape index (κ3) is 5.41. The van der Waals surface area contributed by atoms with E-state index in [-0.39, 0.29) is 21.7 Å². The van der Waals surface area contributed by atoms with E-state index in [1.807, 2.05) is 0 Å². The number of fused-ring (bicyclic) bond motifs is 12. The Morgan fingerprint density at radius 1 is 0.391 bits per heavy atom. The SMILES string of the molecule is CC(C)(C)c1cnc2c(c1)-c1cc(-n3c4ccccc4c4cc(-c5ccc6c(c5)c5ccccc5n6-c5ccc6c(c5)-c5cc(C(C)(C)C)cnc5C6(C)C)ccc43)ccc1C2(C)C. The second-order valence-corrected chi connectivity index (χ2v) is 21.6. The maximum absolute atomic E-state index is 5.10. The van der Waals surface area contributed by atoms with Gasteiger partial charge in [-0.2, -0.15) is 0 Å². The van der Waals surface area contributed by atoms with Gasteiger partial charge in [0.15, 0.2) is 0 Å². The van der Waals surface area contributed by atoms with E-state index < -0.39 is 0 Å². The number of hydrogen-bond donors (Lipinski definition) is 0. The predicted octanol–water partition coefficient (Wildman–Crippen LogP) is 15.5. The molecule has 0 spiro atoms. The fourth-order valence-corrected chi connectivity index (χ4v) is 11.2. The fraction of sp³-hybridized carbons (Fsp3) is 0.233. The Hall–Kier alpha value is -6.78. The molecule has 314 valence electrons. The Balaban J connectivity index is 0.985. The Kier molecular flexibility index (Phi) is 7.84. The summed E-state index contributed by atoms with van der Waals surface area (Å²) in [4.78, 5) is 10.2. The van der Waals surface area contributed by atoms with Crippen molar-refractivity contribution in [2.75, 3.05) is 0 Å². The summed E-state index contributed by atoms with van der Waals surface area (Å²) >= 11 is 0. The molecule has 4 nitrogen and oxygen atoms in total. The van der Waals surface area contributed by atoms with Crippen molar-refractivity contribution in [2.24, 2.45) is 0 Å². The van der Waals surface area contributed by atoms with Crippen molar-refractivity contribution in [1.29, 1.82) is 0 Å². The van der Waals surface area contributed by atoms with Gasteiger partial charge >= 0.3 is 0 Å². The van der Waals surface area contributed by atoms with E-state index in [9.17, 15) is 0 Å². The molecule has 4 heteroatoms. The number of nitrogens with zero attached hydrogens (tertiary/aromatic N) is 4. The van der Waals surface area contributed by atoms with Crippen molar-refractivity contribution in [3.8, 4) is 44.8 Å². The molecule has 0 aliphatic heterocycles. The smallest absolute Gasteiger partial charge is 0.0582 e. The number of rotatable bonds is 3. The zero-order valence-corrected chi connectivity index (χ0v) is 38.6. The first-order valence-corrected chi connectivity index (χ1v) is 22.9. The highest BCUT2D eigenvalue weighted by molar-refractivity contribution is 6.13. The van der Waals surface area contributed by atoms with Gasteiger partial charge in [-0.15, -0.1) is 0 Å². The summed E-state index contributed by atoms with van der Waals surface area (Å²) in [6, 6.07) is 50.7. The zero-order valence-electron chi connectivity index (χ0n) is 38.6. The monoisotopic (exact) mass is 830 g/mol. The van der Waals surface area contributed by atoms with Gasteiger partial charge in [0.1, 0.15) is 0 Å². The lowest BCUT2D eigenvalue weighted by Crippen LogP contribution is -2.18. The summed E-state index contributed by atoms with van der Waals surface area (Å²) in [5.41, 5.74) is 21.9. The molecule has 10 aromatic rings. The molecule has 0 unspecified atom stereocenters. The summed E-state index contributed by atoms with van der Waals surface area (Å²) in [5.74, 6) is 0. The molecule has 12 rings (SSSR count). The molecule has 4 aromatic heterocycles. The van der Waals surface area contributed by atoms with Gasteiger partial charge in [-0.1, -0.05) is 130 Å². The van der Waals surface area contributed by atoms with E-state index >= 15 is 0 Å². The molecule has 0 fully saturated rings. The van der Waals surface area contributed by atoms with Gasteiger partial charge in [-0.25, -0.2) is 0 Å². The largest absolute Gasteiger partial charge is 0.309 e. The van der Waals surface area contributed by atoms with E-state index in [1.165, 1.54) is 111 Å². The maximum atomic E-state index is 5.10. The van der Waals surface area contributed by atoms with Gasteiger partial charge < -0.3 is 9.13 Å². The van der Waals surface area contributed by atoms with Crippen LogP contribution in [0.5, 0.6) is 0 Å². The van der Waals surface area contributed by atoms with Gasteiger partial charge in [-0.05, 0) is 128 Å². The van der Waals surface area contributed by atoms with Crippen molar-refractivity contribution in [1.82, 2.24) is 19.1 Å². The normalized spacial score (nSPS) is 15.0. The Bertz CT molecular complexity index is 3390. The van der Waals surface area contributed by atoms with Gasteiger partial charge in [-0.3, -0.25) is 9.97 Å². The molecule has 0 N–H and O–H groups in total. The van der Waals surface area contributed by atoms with Crippen LogP contribution in [-0.2, 0) is 21.7 Å². The molecular formula is C60H54N4. The van der Waals surface area contributed by atoms with Crippen molar-refractivity contribution < 1.29 is 0 Å². The molecule has 0 saturated carbocycles. The Labute approximate surface area is 376 Å². The number of para-hydroxylation sites is 2. The quantitative estimate of drug-likeness (QED) is 0.178. The maximum Gasteiger partial charge on any atom is 0.0582 e. The molecular weight excluding hydrogens is 777 g/mol. The van der Waals surface area contributed by atoms with Crippen molar-refractivity contribution in [3.05, 3.63) is 179 Å². The van der Waals surface area contributed by atoms with Crippen LogP contribution in [0.2, 0.25) is 0 Å². The lowest BCUT2D eigenvalue weighted by atomic mass is 9.84. The van der Waals surface area contributed by atoms with Crippen LogP contribution in [-0.4, -0.2) is 19.1 Å². The summed E-state index contributed by atoms with van der Waals surface area (Å²) in [6.45, 7) is 22.9. The van der Waals surface area contributed by atoms with E-state index in [2.05, 4.69) is 224 Å². The molecule has 2 aliphatic carbocycles. The van der Waals surface area contributed by atoms with Crippen LogP contribution >= 0.6 is 0 Å². The first-order chi connectivity index (χ1) is 30.5. The summed E-state index contributed by atoms with van der Waals surface area (Å²) in [5, 5.41) is 5.00. The molecule has 0 radical (unpaired) electrons. The number of benzene rings is 6. The minimum atomic E-state index is -0.165.